The van der Waals surface area contributed by atoms with Gasteiger partial charge in [0.05, 0.1) is 30.9 Å². The SMILES string of the molecule is CC12COCCN1c1nc(Cl)ncc1N(C1CCS(=O)(=O)CC1)C2=O. The average Bonchev–Trinajstić information content (AvgIpc) is 2.57. The van der Waals surface area contributed by atoms with E-state index in [9.17, 15) is 13.2 Å². The van der Waals surface area contributed by atoms with Crippen molar-refractivity contribution in [3.05, 3.63) is 11.5 Å². The molecule has 8 nitrogen and oxygen atoms in total. The topological polar surface area (TPSA) is 92.7 Å². The lowest BCUT2D eigenvalue weighted by molar-refractivity contribution is -0.128. The van der Waals surface area contributed by atoms with E-state index in [1.165, 1.54) is 0 Å². The molecule has 1 unspecified atom stereocenters. The fourth-order valence-electron chi connectivity index (χ4n) is 3.85. The largest absolute Gasteiger partial charge is 0.377 e. The number of morpholine rings is 1. The Kier molecular flexibility index (Phi) is 3.93. The molecule has 0 radical (unpaired) electrons. The van der Waals surface area contributed by atoms with Gasteiger partial charge in [-0.05, 0) is 31.4 Å². The van der Waals surface area contributed by atoms with Crippen molar-refractivity contribution in [1.82, 2.24) is 9.97 Å². The second-order valence-electron chi connectivity index (χ2n) is 6.88. The van der Waals surface area contributed by atoms with Gasteiger partial charge >= 0.3 is 0 Å². The molecule has 0 aromatic carbocycles. The fourth-order valence-corrected chi connectivity index (χ4v) is 5.45. The predicted molar refractivity (Wildman–Crippen MR) is 92.8 cm³/mol. The minimum atomic E-state index is -3.02. The number of nitrogens with zero attached hydrogens (tertiary/aromatic N) is 4. The van der Waals surface area contributed by atoms with E-state index >= 15 is 0 Å². The van der Waals surface area contributed by atoms with Crippen LogP contribution in [0.1, 0.15) is 19.8 Å². The Hall–Kier alpha value is -1.45. The van der Waals surface area contributed by atoms with Gasteiger partial charge in [-0.15, -0.1) is 0 Å². The number of anilines is 2. The normalized spacial score (nSPS) is 29.3. The van der Waals surface area contributed by atoms with Crippen LogP contribution in [0.4, 0.5) is 11.5 Å². The Morgan fingerprint density at radius 2 is 2.08 bits per heavy atom. The number of sulfone groups is 1. The molecule has 136 valence electrons. The van der Waals surface area contributed by atoms with Crippen LogP contribution >= 0.6 is 11.6 Å². The molecule has 2 saturated heterocycles. The fraction of sp³-hybridized carbons (Fsp3) is 0.667. The van der Waals surface area contributed by atoms with Crippen molar-refractivity contribution in [2.75, 3.05) is 41.1 Å². The third-order valence-electron chi connectivity index (χ3n) is 5.24. The third-order valence-corrected chi connectivity index (χ3v) is 7.14. The quantitative estimate of drug-likeness (QED) is 0.654. The van der Waals surface area contributed by atoms with Crippen LogP contribution < -0.4 is 9.80 Å². The molecule has 0 spiro atoms. The number of carbonyl (C=O) groups excluding carboxylic acids is 1. The molecule has 1 atom stereocenters. The molecule has 2 fully saturated rings. The molecule has 25 heavy (non-hydrogen) atoms. The number of aromatic nitrogens is 2. The number of rotatable bonds is 1. The number of ether oxygens (including phenoxy) is 1. The number of amides is 1. The van der Waals surface area contributed by atoms with Crippen LogP contribution in [0, 0.1) is 0 Å². The molecule has 0 aliphatic carbocycles. The summed E-state index contributed by atoms with van der Waals surface area (Å²) in [7, 11) is -3.02. The maximum Gasteiger partial charge on any atom is 0.255 e. The van der Waals surface area contributed by atoms with Crippen molar-refractivity contribution in [3.8, 4) is 0 Å². The summed E-state index contributed by atoms with van der Waals surface area (Å²) in [6.45, 7) is 3.13. The van der Waals surface area contributed by atoms with Crippen LogP contribution in [0.5, 0.6) is 0 Å². The smallest absolute Gasteiger partial charge is 0.255 e. The van der Waals surface area contributed by atoms with Crippen LogP contribution in [0.25, 0.3) is 0 Å². The van der Waals surface area contributed by atoms with Gasteiger partial charge in [0, 0.05) is 12.6 Å². The summed E-state index contributed by atoms with van der Waals surface area (Å²) in [6.07, 6.45) is 2.38. The van der Waals surface area contributed by atoms with E-state index in [4.69, 9.17) is 16.3 Å². The average molecular weight is 387 g/mol. The van der Waals surface area contributed by atoms with E-state index in [2.05, 4.69) is 9.97 Å². The highest BCUT2D eigenvalue weighted by molar-refractivity contribution is 7.91. The first kappa shape index (κ1) is 17.0. The molecule has 0 bridgehead atoms. The molecule has 1 amide bonds. The molecular weight excluding hydrogens is 368 g/mol. The van der Waals surface area contributed by atoms with Crippen molar-refractivity contribution in [2.24, 2.45) is 0 Å². The maximum absolute atomic E-state index is 13.4. The van der Waals surface area contributed by atoms with Gasteiger partial charge in [0.2, 0.25) is 5.28 Å². The molecular formula is C15H19ClN4O4S. The second kappa shape index (κ2) is 5.78. The van der Waals surface area contributed by atoms with Gasteiger partial charge in [0.1, 0.15) is 21.1 Å². The molecule has 3 aliphatic heterocycles. The Balaban J connectivity index is 1.80. The predicted octanol–water partition coefficient (Wildman–Crippen LogP) is 0.649. The molecule has 0 N–H and O–H groups in total. The Morgan fingerprint density at radius 1 is 1.36 bits per heavy atom. The summed E-state index contributed by atoms with van der Waals surface area (Å²) in [5, 5.41) is 0.119. The van der Waals surface area contributed by atoms with Gasteiger partial charge in [0.15, 0.2) is 5.82 Å². The Labute approximate surface area is 151 Å². The molecule has 4 rings (SSSR count). The molecule has 3 aliphatic rings. The zero-order chi connectivity index (χ0) is 17.8. The highest BCUT2D eigenvalue weighted by Gasteiger charge is 2.52. The molecule has 10 heteroatoms. The number of carbonyl (C=O) groups is 1. The Bertz CT molecular complexity index is 819. The lowest BCUT2D eigenvalue weighted by Crippen LogP contribution is -2.69. The van der Waals surface area contributed by atoms with Crippen LogP contribution in [0.3, 0.4) is 0 Å². The van der Waals surface area contributed by atoms with Crippen molar-refractivity contribution in [3.63, 3.8) is 0 Å². The lowest BCUT2D eigenvalue weighted by atomic mass is 9.92. The zero-order valence-electron chi connectivity index (χ0n) is 13.8. The second-order valence-corrected chi connectivity index (χ2v) is 9.53. The number of fused-ring (bicyclic) bond motifs is 3. The summed E-state index contributed by atoms with van der Waals surface area (Å²) in [5.74, 6) is 0.679. The third kappa shape index (κ3) is 2.69. The first-order valence-corrected chi connectivity index (χ1v) is 10.4. The summed E-state index contributed by atoms with van der Waals surface area (Å²) >= 11 is 6.00. The van der Waals surface area contributed by atoms with E-state index in [-0.39, 0.29) is 35.3 Å². The van der Waals surface area contributed by atoms with Gasteiger partial charge in [-0.3, -0.25) is 4.79 Å². The van der Waals surface area contributed by atoms with Crippen LogP contribution in [-0.2, 0) is 19.4 Å². The summed E-state index contributed by atoms with van der Waals surface area (Å²) in [6, 6.07) is -0.194. The maximum atomic E-state index is 13.4. The van der Waals surface area contributed by atoms with Crippen molar-refractivity contribution < 1.29 is 17.9 Å². The van der Waals surface area contributed by atoms with Gasteiger partial charge in [-0.25, -0.2) is 13.4 Å². The Morgan fingerprint density at radius 3 is 2.80 bits per heavy atom. The molecule has 0 saturated carbocycles. The minimum Gasteiger partial charge on any atom is -0.377 e. The number of hydrogen-bond donors (Lipinski definition) is 0. The van der Waals surface area contributed by atoms with E-state index < -0.39 is 15.4 Å². The number of hydrogen-bond acceptors (Lipinski definition) is 7. The standard InChI is InChI=1S/C15H19ClN4O4S/c1-15-9-24-5-4-19(15)12-11(8-17-14(16)18-12)20(13(15)21)10-2-6-25(22,23)7-3-10/h8,10H,2-7,9H2,1H3. The van der Waals surface area contributed by atoms with Crippen molar-refractivity contribution >= 4 is 38.9 Å². The summed E-state index contributed by atoms with van der Waals surface area (Å²) in [4.78, 5) is 25.4. The molecule has 4 heterocycles. The van der Waals surface area contributed by atoms with E-state index in [0.717, 1.165) is 0 Å². The van der Waals surface area contributed by atoms with E-state index in [0.29, 0.717) is 37.5 Å². The van der Waals surface area contributed by atoms with E-state index in [1.807, 2.05) is 11.8 Å². The highest BCUT2D eigenvalue weighted by Crippen LogP contribution is 2.42. The minimum absolute atomic E-state index is 0.0855. The highest BCUT2D eigenvalue weighted by atomic mass is 35.5. The number of halogens is 1. The van der Waals surface area contributed by atoms with Gasteiger partial charge < -0.3 is 14.5 Å². The van der Waals surface area contributed by atoms with Crippen LogP contribution in [0.15, 0.2) is 6.20 Å². The van der Waals surface area contributed by atoms with Gasteiger partial charge in [-0.2, -0.15) is 4.98 Å². The van der Waals surface area contributed by atoms with Gasteiger partial charge in [0.25, 0.3) is 5.91 Å². The summed E-state index contributed by atoms with van der Waals surface area (Å²) < 4.78 is 29.1. The van der Waals surface area contributed by atoms with E-state index in [1.54, 1.807) is 11.1 Å². The van der Waals surface area contributed by atoms with Crippen LogP contribution in [-0.4, -0.2) is 67.1 Å². The summed E-state index contributed by atoms with van der Waals surface area (Å²) in [5.41, 5.74) is -0.280. The molecule has 1 aromatic heterocycles. The van der Waals surface area contributed by atoms with Crippen molar-refractivity contribution in [2.45, 2.75) is 31.3 Å². The zero-order valence-corrected chi connectivity index (χ0v) is 15.4. The van der Waals surface area contributed by atoms with Crippen molar-refractivity contribution in [1.29, 1.82) is 0 Å². The van der Waals surface area contributed by atoms with Gasteiger partial charge in [-0.1, -0.05) is 0 Å². The first-order valence-electron chi connectivity index (χ1n) is 8.24. The van der Waals surface area contributed by atoms with Crippen LogP contribution in [0.2, 0.25) is 5.28 Å². The molecule has 1 aromatic rings. The lowest BCUT2D eigenvalue weighted by Gasteiger charge is -2.52. The monoisotopic (exact) mass is 386 g/mol. The first-order chi connectivity index (χ1) is 11.8.